The third-order valence-electron chi connectivity index (χ3n) is 9.30. The molecule has 254 valence electrons. The second-order valence-electron chi connectivity index (χ2n) is 12.2. The Balaban J connectivity index is 1.47. The second kappa shape index (κ2) is 11.8. The number of carbonyl (C=O) groups excluding carboxylic acids is 3. The number of amides is 2. The maximum Gasteiger partial charge on any atom is 0.471 e. The van der Waals surface area contributed by atoms with Gasteiger partial charge in [-0.2, -0.15) is 13.2 Å². The summed E-state index contributed by atoms with van der Waals surface area (Å²) >= 11 is 0. The van der Waals surface area contributed by atoms with Gasteiger partial charge in [-0.3, -0.25) is 19.3 Å². The fraction of sp³-hybridized carbons (Fsp3) is 0.516. The SMILES string of the molecule is COc1c(C)cc2c(c1O)[C@H]1N[C@@H](C2)[C@H](O)N2C1Cc1c(OC(C)=O)c(C)c3c(c1[C@@H]2CNC(=O)[C@H](C)NC(=O)C(F)(F)F)OCO3. The molecule has 0 aliphatic carbocycles. The Kier molecular flexibility index (Phi) is 8.17. The zero-order valence-electron chi connectivity index (χ0n) is 26.2. The van der Waals surface area contributed by atoms with E-state index in [1.165, 1.54) is 14.0 Å². The number of rotatable bonds is 6. The molecule has 5 N–H and O–H groups in total. The summed E-state index contributed by atoms with van der Waals surface area (Å²) in [7, 11) is 1.45. The maximum absolute atomic E-state index is 13.0. The first-order valence-corrected chi connectivity index (χ1v) is 15.0. The van der Waals surface area contributed by atoms with Gasteiger partial charge >= 0.3 is 18.1 Å². The number of alkyl halides is 3. The smallest absolute Gasteiger partial charge is 0.471 e. The standard InChI is InChI=1S/C31H35F3N4O9/c1-11-6-15-7-17-29(42)38-18(22(37-17)20(15)23(40)24(11)44-5)8-16-21(27-26(45-10-46-27)12(2)25(16)47-14(4)39)19(38)9-35-28(41)13(3)36-30(43)31(32,33)34/h6,13,17-19,22,29,37,40,42H,7-10H2,1-5H3,(H,35,41)(H,36,43)/t13-,17-,18?,19-,22-,29-/m0/s1. The van der Waals surface area contributed by atoms with E-state index in [9.17, 15) is 37.8 Å². The average Bonchev–Trinajstić information content (AvgIpc) is 3.49. The molecular formula is C31H35F3N4O9. The Morgan fingerprint density at radius 2 is 1.85 bits per heavy atom. The highest BCUT2D eigenvalue weighted by Gasteiger charge is 2.54. The van der Waals surface area contributed by atoms with Crippen LogP contribution in [-0.2, 0) is 27.2 Å². The number of ether oxygens (including phenoxy) is 4. The van der Waals surface area contributed by atoms with E-state index < -0.39 is 60.4 Å². The third kappa shape index (κ3) is 5.37. The molecule has 47 heavy (non-hydrogen) atoms. The first kappa shape index (κ1) is 32.7. The minimum absolute atomic E-state index is 0.0539. The number of aliphatic hydroxyl groups is 1. The Morgan fingerprint density at radius 1 is 1.15 bits per heavy atom. The van der Waals surface area contributed by atoms with Crippen molar-refractivity contribution >= 4 is 17.8 Å². The summed E-state index contributed by atoms with van der Waals surface area (Å²) in [6, 6.07) is -2.23. The summed E-state index contributed by atoms with van der Waals surface area (Å²) in [5.41, 5.74) is 3.62. The van der Waals surface area contributed by atoms with E-state index in [1.807, 2.05) is 13.0 Å². The van der Waals surface area contributed by atoms with Crippen LogP contribution in [0.15, 0.2) is 6.07 Å². The zero-order chi connectivity index (χ0) is 34.1. The van der Waals surface area contributed by atoms with Crippen LogP contribution in [0.1, 0.15) is 59.3 Å². The normalized spacial score (nSPS) is 24.7. The molecule has 2 aromatic rings. The van der Waals surface area contributed by atoms with Gasteiger partial charge in [-0.25, -0.2) is 0 Å². The van der Waals surface area contributed by atoms with Crippen molar-refractivity contribution in [1.29, 1.82) is 0 Å². The van der Waals surface area contributed by atoms with Gasteiger partial charge in [0.15, 0.2) is 23.0 Å². The summed E-state index contributed by atoms with van der Waals surface area (Å²) in [6.07, 6.45) is -5.80. The number of hydrogen-bond donors (Lipinski definition) is 5. The molecule has 4 aliphatic rings. The number of esters is 1. The van der Waals surface area contributed by atoms with Gasteiger partial charge in [0.05, 0.1) is 25.2 Å². The molecule has 2 amide bonds. The Hall–Kier alpha value is -4.28. The van der Waals surface area contributed by atoms with Crippen LogP contribution in [0.25, 0.3) is 0 Å². The number of fused-ring (bicyclic) bond motifs is 9. The molecule has 1 unspecified atom stereocenters. The number of hydrogen-bond acceptors (Lipinski definition) is 11. The fourth-order valence-electron chi connectivity index (χ4n) is 7.40. The van der Waals surface area contributed by atoms with Gasteiger partial charge in [0.2, 0.25) is 12.7 Å². The van der Waals surface area contributed by atoms with Crippen LogP contribution >= 0.6 is 0 Å². The molecule has 2 aromatic carbocycles. The molecule has 0 saturated carbocycles. The number of aromatic hydroxyl groups is 1. The van der Waals surface area contributed by atoms with Crippen LogP contribution in [0, 0.1) is 13.8 Å². The predicted octanol–water partition coefficient (Wildman–Crippen LogP) is 1.71. The van der Waals surface area contributed by atoms with Gasteiger partial charge < -0.3 is 45.1 Å². The summed E-state index contributed by atoms with van der Waals surface area (Å²) in [5.74, 6) is -2.66. The monoisotopic (exact) mass is 664 g/mol. The van der Waals surface area contributed by atoms with Crippen molar-refractivity contribution in [3.63, 3.8) is 0 Å². The number of aryl methyl sites for hydroxylation is 1. The van der Waals surface area contributed by atoms with Gasteiger partial charge in [0, 0.05) is 41.8 Å². The van der Waals surface area contributed by atoms with Crippen molar-refractivity contribution in [2.24, 2.45) is 0 Å². The van der Waals surface area contributed by atoms with Crippen molar-refractivity contribution in [3.8, 4) is 28.7 Å². The molecule has 4 heterocycles. The number of aliphatic hydroxyl groups excluding tert-OH is 1. The number of phenolic OH excluding ortho intramolecular Hbond substituents is 1. The Labute approximate surface area is 267 Å². The van der Waals surface area contributed by atoms with Crippen LogP contribution < -0.4 is 34.9 Å². The lowest BCUT2D eigenvalue weighted by Gasteiger charge is -2.57. The second-order valence-corrected chi connectivity index (χ2v) is 12.2. The highest BCUT2D eigenvalue weighted by molar-refractivity contribution is 5.89. The first-order valence-electron chi connectivity index (χ1n) is 15.0. The van der Waals surface area contributed by atoms with Crippen molar-refractivity contribution in [2.45, 2.75) is 83.1 Å². The van der Waals surface area contributed by atoms with Gasteiger partial charge in [0.1, 0.15) is 18.0 Å². The van der Waals surface area contributed by atoms with Crippen molar-refractivity contribution < 1.29 is 56.7 Å². The van der Waals surface area contributed by atoms with Crippen LogP contribution in [0.2, 0.25) is 0 Å². The predicted molar refractivity (Wildman–Crippen MR) is 156 cm³/mol. The number of methoxy groups -OCH3 is 1. The van der Waals surface area contributed by atoms with Crippen LogP contribution in [0.5, 0.6) is 28.7 Å². The minimum atomic E-state index is -5.18. The summed E-state index contributed by atoms with van der Waals surface area (Å²) in [4.78, 5) is 38.7. The third-order valence-corrected chi connectivity index (χ3v) is 9.30. The number of carbonyl (C=O) groups is 3. The largest absolute Gasteiger partial charge is 0.504 e. The highest BCUT2D eigenvalue weighted by atomic mass is 19.4. The molecule has 0 aromatic heterocycles. The minimum Gasteiger partial charge on any atom is -0.504 e. The van der Waals surface area contributed by atoms with Crippen molar-refractivity contribution in [2.75, 3.05) is 20.4 Å². The van der Waals surface area contributed by atoms with Gasteiger partial charge in [-0.05, 0) is 44.7 Å². The van der Waals surface area contributed by atoms with Crippen molar-refractivity contribution in [1.82, 2.24) is 20.9 Å². The van der Waals surface area contributed by atoms with Crippen LogP contribution in [0.3, 0.4) is 0 Å². The fourth-order valence-corrected chi connectivity index (χ4v) is 7.40. The molecule has 13 nitrogen and oxygen atoms in total. The molecule has 6 atom stereocenters. The summed E-state index contributed by atoms with van der Waals surface area (Å²) < 4.78 is 61.5. The van der Waals surface area contributed by atoms with Crippen LogP contribution in [0.4, 0.5) is 13.2 Å². The van der Waals surface area contributed by atoms with E-state index in [-0.39, 0.29) is 31.3 Å². The number of halogens is 3. The topological polar surface area (TPSA) is 168 Å². The molecular weight excluding hydrogens is 629 g/mol. The maximum atomic E-state index is 13.0. The lowest BCUT2D eigenvalue weighted by atomic mass is 9.74. The van der Waals surface area contributed by atoms with E-state index >= 15 is 0 Å². The van der Waals surface area contributed by atoms with E-state index in [1.54, 1.807) is 17.1 Å². The quantitative estimate of drug-likeness (QED) is 0.225. The van der Waals surface area contributed by atoms with E-state index in [0.29, 0.717) is 45.9 Å². The number of nitrogens with zero attached hydrogens (tertiary/aromatic N) is 1. The van der Waals surface area contributed by atoms with Gasteiger partial charge in [-0.15, -0.1) is 0 Å². The average molecular weight is 665 g/mol. The summed E-state index contributed by atoms with van der Waals surface area (Å²) in [6.45, 7) is 5.49. The van der Waals surface area contributed by atoms with E-state index in [0.717, 1.165) is 18.1 Å². The number of benzene rings is 2. The number of piperazine rings is 1. The molecule has 1 fully saturated rings. The first-order chi connectivity index (χ1) is 22.1. The molecule has 6 rings (SSSR count). The number of phenols is 1. The Morgan fingerprint density at radius 3 is 2.51 bits per heavy atom. The number of nitrogens with one attached hydrogen (secondary N) is 3. The van der Waals surface area contributed by atoms with Crippen molar-refractivity contribution in [3.05, 3.63) is 39.4 Å². The molecule has 4 aliphatic heterocycles. The van der Waals surface area contributed by atoms with Gasteiger partial charge in [0.25, 0.3) is 0 Å². The van der Waals surface area contributed by atoms with E-state index in [4.69, 9.17) is 18.9 Å². The lowest BCUT2D eigenvalue weighted by Crippen LogP contribution is -2.69. The highest BCUT2D eigenvalue weighted by Crippen LogP contribution is 2.56. The Bertz CT molecular complexity index is 1670. The molecule has 1 saturated heterocycles. The lowest BCUT2D eigenvalue weighted by molar-refractivity contribution is -0.174. The van der Waals surface area contributed by atoms with Crippen LogP contribution in [-0.4, -0.2) is 83.9 Å². The zero-order valence-corrected chi connectivity index (χ0v) is 26.2. The molecule has 16 heteroatoms. The molecule has 2 bridgehead atoms. The summed E-state index contributed by atoms with van der Waals surface area (Å²) in [5, 5.41) is 31.1. The van der Waals surface area contributed by atoms with E-state index in [2.05, 4.69) is 10.6 Å². The molecule has 0 spiro atoms. The molecule has 0 radical (unpaired) electrons. The van der Waals surface area contributed by atoms with Gasteiger partial charge in [-0.1, -0.05) is 6.07 Å².